The van der Waals surface area contributed by atoms with E-state index >= 15 is 0 Å². The van der Waals surface area contributed by atoms with Crippen LogP contribution in [0.5, 0.6) is 0 Å². The fourth-order valence-corrected chi connectivity index (χ4v) is 1.55. The quantitative estimate of drug-likeness (QED) is 0.447. The van der Waals surface area contributed by atoms with Crippen LogP contribution in [0.25, 0.3) is 0 Å². The predicted molar refractivity (Wildman–Crippen MR) is 89.7 cm³/mol. The van der Waals surface area contributed by atoms with Gasteiger partial charge in [-0.25, -0.2) is 0 Å². The van der Waals surface area contributed by atoms with Gasteiger partial charge in [-0.15, -0.1) is 0 Å². The molecule has 0 saturated carbocycles. The van der Waals surface area contributed by atoms with Crippen molar-refractivity contribution in [2.75, 3.05) is 13.2 Å². The lowest BCUT2D eigenvalue weighted by Gasteiger charge is -2.20. The average molecular weight is 343 g/mol. The Morgan fingerprint density at radius 1 is 0.958 bits per heavy atom. The van der Waals surface area contributed by atoms with Crippen molar-refractivity contribution in [1.29, 1.82) is 0 Å². The number of unbranched alkanes of at least 4 members (excludes halogenated alkanes) is 1. The number of carbonyl (C=O) groups is 3. The van der Waals surface area contributed by atoms with E-state index in [4.69, 9.17) is 14.2 Å². The second kappa shape index (κ2) is 11.0. The maximum atomic E-state index is 11.8. The Kier molecular flexibility index (Phi) is 10.3. The molecule has 0 spiro atoms. The van der Waals surface area contributed by atoms with Crippen LogP contribution in [0, 0.1) is 17.4 Å². The molecule has 1 radical (unpaired) electrons. The largest absolute Gasteiger partial charge is 0.461 e. The molecule has 0 heterocycles. The van der Waals surface area contributed by atoms with Gasteiger partial charge in [0.1, 0.15) is 13.2 Å². The van der Waals surface area contributed by atoms with Crippen LogP contribution < -0.4 is 0 Å². The third-order valence-corrected chi connectivity index (χ3v) is 2.94. The first-order valence-electron chi connectivity index (χ1n) is 8.44. The highest BCUT2D eigenvalue weighted by Crippen LogP contribution is 2.17. The zero-order valence-electron chi connectivity index (χ0n) is 15.8. The summed E-state index contributed by atoms with van der Waals surface area (Å²) < 4.78 is 15.4. The van der Waals surface area contributed by atoms with E-state index in [9.17, 15) is 14.4 Å². The summed E-state index contributed by atoms with van der Waals surface area (Å²) in [5.74, 6) is -1.08. The highest BCUT2D eigenvalue weighted by Gasteiger charge is 2.27. The van der Waals surface area contributed by atoms with Gasteiger partial charge in [0, 0.05) is 12.8 Å². The van der Waals surface area contributed by atoms with Crippen LogP contribution in [0.15, 0.2) is 0 Å². The monoisotopic (exact) mass is 343 g/mol. The van der Waals surface area contributed by atoms with E-state index in [0.29, 0.717) is 6.42 Å². The van der Waals surface area contributed by atoms with Gasteiger partial charge >= 0.3 is 17.9 Å². The second-order valence-corrected chi connectivity index (χ2v) is 7.20. The van der Waals surface area contributed by atoms with Crippen LogP contribution >= 0.6 is 0 Å². The molecule has 6 nitrogen and oxygen atoms in total. The SMILES string of the molecule is CCCCC(=O)OC[C](COC(=O)C(C)(C)C)OC(=O)CC(C)C. The van der Waals surface area contributed by atoms with E-state index in [-0.39, 0.29) is 37.6 Å². The number of esters is 3. The van der Waals surface area contributed by atoms with Crippen LogP contribution in [0.1, 0.15) is 67.2 Å². The van der Waals surface area contributed by atoms with E-state index in [1.165, 1.54) is 0 Å². The molecule has 0 aliphatic carbocycles. The van der Waals surface area contributed by atoms with Gasteiger partial charge in [-0.2, -0.15) is 0 Å². The summed E-state index contributed by atoms with van der Waals surface area (Å²) in [5.41, 5.74) is -0.662. The highest BCUT2D eigenvalue weighted by atomic mass is 16.6. The smallest absolute Gasteiger partial charge is 0.311 e. The Bertz CT molecular complexity index is 408. The summed E-state index contributed by atoms with van der Waals surface area (Å²) in [5, 5.41) is 0. The Labute approximate surface area is 145 Å². The first-order valence-corrected chi connectivity index (χ1v) is 8.44. The molecule has 0 amide bonds. The molecule has 0 aromatic rings. The summed E-state index contributed by atoms with van der Waals surface area (Å²) in [6, 6.07) is 0. The fraction of sp³-hybridized carbons (Fsp3) is 0.778. The Morgan fingerprint density at radius 3 is 2.04 bits per heavy atom. The first-order chi connectivity index (χ1) is 11.1. The normalized spacial score (nSPS) is 11.5. The minimum Gasteiger partial charge on any atom is -0.461 e. The van der Waals surface area contributed by atoms with Gasteiger partial charge in [-0.05, 0) is 33.1 Å². The number of hydrogen-bond donors (Lipinski definition) is 0. The molecule has 0 aliphatic rings. The standard InChI is InChI=1S/C18H31O6/c1-7-8-9-15(19)22-11-14(24-16(20)10-13(2)3)12-23-17(21)18(4,5)6/h13H,7-12H2,1-6H3. The van der Waals surface area contributed by atoms with Crippen LogP contribution in [-0.4, -0.2) is 31.1 Å². The molecular formula is C18H31O6. The van der Waals surface area contributed by atoms with Crippen LogP contribution in [0.3, 0.4) is 0 Å². The summed E-state index contributed by atoms with van der Waals surface area (Å²) in [7, 11) is 0. The lowest BCUT2D eigenvalue weighted by atomic mass is 9.97. The van der Waals surface area contributed by atoms with E-state index in [0.717, 1.165) is 12.8 Å². The lowest BCUT2D eigenvalue weighted by Crippen LogP contribution is -2.29. The number of ether oxygens (including phenoxy) is 3. The minimum atomic E-state index is -0.662. The van der Waals surface area contributed by atoms with Crippen molar-refractivity contribution in [3.8, 4) is 0 Å². The molecule has 0 N–H and O–H groups in total. The van der Waals surface area contributed by atoms with Crippen LogP contribution in [0.4, 0.5) is 0 Å². The average Bonchev–Trinajstić information content (AvgIpc) is 2.45. The molecule has 0 atom stereocenters. The molecule has 0 fully saturated rings. The van der Waals surface area contributed by atoms with Crippen LogP contribution in [0.2, 0.25) is 0 Å². The Hall–Kier alpha value is -1.59. The van der Waals surface area contributed by atoms with Gasteiger partial charge < -0.3 is 14.2 Å². The van der Waals surface area contributed by atoms with Gasteiger partial charge in [0.25, 0.3) is 0 Å². The molecule has 139 valence electrons. The number of hydrogen-bond acceptors (Lipinski definition) is 6. The van der Waals surface area contributed by atoms with Crippen molar-refractivity contribution >= 4 is 17.9 Å². The molecule has 0 aliphatic heterocycles. The molecular weight excluding hydrogens is 312 g/mol. The summed E-state index contributed by atoms with van der Waals surface area (Å²) >= 11 is 0. The molecule has 0 saturated heterocycles. The molecule has 0 unspecified atom stereocenters. The van der Waals surface area contributed by atoms with E-state index in [1.807, 2.05) is 20.8 Å². The molecule has 0 bridgehead atoms. The van der Waals surface area contributed by atoms with Crippen molar-refractivity contribution in [3.05, 3.63) is 6.10 Å². The first kappa shape index (κ1) is 22.4. The summed E-state index contributed by atoms with van der Waals surface area (Å²) in [6.45, 7) is 10.5. The second-order valence-electron chi connectivity index (χ2n) is 7.20. The maximum Gasteiger partial charge on any atom is 0.311 e. The van der Waals surface area contributed by atoms with E-state index < -0.39 is 17.4 Å². The van der Waals surface area contributed by atoms with E-state index in [2.05, 4.69) is 0 Å². The third kappa shape index (κ3) is 11.0. The molecule has 0 aromatic carbocycles. The predicted octanol–water partition coefficient (Wildman–Crippen LogP) is 3.43. The van der Waals surface area contributed by atoms with Crippen molar-refractivity contribution in [1.82, 2.24) is 0 Å². The van der Waals surface area contributed by atoms with Gasteiger partial charge in [-0.3, -0.25) is 14.4 Å². The Balaban J connectivity index is 4.56. The van der Waals surface area contributed by atoms with E-state index in [1.54, 1.807) is 20.8 Å². The summed E-state index contributed by atoms with van der Waals surface area (Å²) in [4.78, 5) is 35.2. The van der Waals surface area contributed by atoms with Crippen molar-refractivity contribution < 1.29 is 28.6 Å². The van der Waals surface area contributed by atoms with Crippen LogP contribution in [-0.2, 0) is 28.6 Å². The number of rotatable bonds is 10. The minimum absolute atomic E-state index is 0.128. The van der Waals surface area contributed by atoms with Crippen molar-refractivity contribution in [2.45, 2.75) is 67.2 Å². The molecule has 6 heteroatoms. The summed E-state index contributed by atoms with van der Waals surface area (Å²) in [6.07, 6.45) is 2.30. The molecule has 0 rings (SSSR count). The van der Waals surface area contributed by atoms with Crippen molar-refractivity contribution in [3.63, 3.8) is 0 Å². The van der Waals surface area contributed by atoms with Crippen molar-refractivity contribution in [2.24, 2.45) is 11.3 Å². The lowest BCUT2D eigenvalue weighted by molar-refractivity contribution is -0.161. The highest BCUT2D eigenvalue weighted by molar-refractivity contribution is 5.75. The fourth-order valence-electron chi connectivity index (χ4n) is 1.55. The van der Waals surface area contributed by atoms with Gasteiger partial charge in [0.15, 0.2) is 0 Å². The van der Waals surface area contributed by atoms with Gasteiger partial charge in [0.05, 0.1) is 5.41 Å². The Morgan fingerprint density at radius 2 is 1.54 bits per heavy atom. The maximum absolute atomic E-state index is 11.8. The third-order valence-electron chi connectivity index (χ3n) is 2.94. The molecule has 0 aromatic heterocycles. The van der Waals surface area contributed by atoms with Gasteiger partial charge in [-0.1, -0.05) is 27.2 Å². The topological polar surface area (TPSA) is 78.9 Å². The zero-order chi connectivity index (χ0) is 18.8. The van der Waals surface area contributed by atoms with Gasteiger partial charge in [0.2, 0.25) is 6.10 Å². The molecule has 24 heavy (non-hydrogen) atoms. The number of carbonyl (C=O) groups excluding carboxylic acids is 3. The zero-order valence-corrected chi connectivity index (χ0v) is 15.8.